The smallest absolute Gasteiger partial charge is 0.220 e. The van der Waals surface area contributed by atoms with E-state index in [1.165, 1.54) is 231 Å². The van der Waals surface area contributed by atoms with Crippen molar-refractivity contribution in [3.05, 3.63) is 48.6 Å². The summed E-state index contributed by atoms with van der Waals surface area (Å²) in [5.41, 5.74) is 0. The van der Waals surface area contributed by atoms with Gasteiger partial charge in [-0.1, -0.05) is 281 Å². The summed E-state index contributed by atoms with van der Waals surface area (Å²) in [6.45, 7) is 2.82. The second kappa shape index (κ2) is 56.9. The molecule has 2 saturated heterocycles. The first-order chi connectivity index (χ1) is 42.1. The van der Waals surface area contributed by atoms with Gasteiger partial charge in [-0.2, -0.15) is 0 Å². The Hall–Kier alpha value is -2.05. The largest absolute Gasteiger partial charge is 0.394 e. The fraction of sp³-hybridized carbons (Fsp3) is 0.875. The van der Waals surface area contributed by atoms with Crippen LogP contribution in [0.4, 0.5) is 0 Å². The van der Waals surface area contributed by atoms with E-state index in [1.54, 1.807) is 6.08 Å². The number of aliphatic hydroxyl groups is 8. The maximum absolute atomic E-state index is 13.3. The van der Waals surface area contributed by atoms with Gasteiger partial charge in [0.15, 0.2) is 12.6 Å². The Morgan fingerprint density at radius 1 is 0.407 bits per heavy atom. The number of unbranched alkanes of at least 4 members (excludes halogenated alkanes) is 40. The molecule has 14 heteroatoms. The average Bonchev–Trinajstić information content (AvgIpc) is 2.54. The number of hydrogen-bond donors (Lipinski definition) is 9. The van der Waals surface area contributed by atoms with Crippen molar-refractivity contribution in [2.45, 2.75) is 383 Å². The number of carbonyl (C=O) groups excluding carboxylic acids is 1. The number of hydrogen-bond acceptors (Lipinski definition) is 13. The molecule has 0 saturated carbocycles. The molecule has 2 aliphatic heterocycles. The summed E-state index contributed by atoms with van der Waals surface area (Å²) in [6.07, 6.45) is 57.5. The SMILES string of the molecule is CCCCCCCCCC/C=C\CCCCCCCCCCCCCC(=O)NC(COC1OC(CO)C(OC2OC(CO)C(O)C(O)C2O)C(O)C1O)C(O)/C=C/CC/C=C/CC/C=C/CCCCCCCCCCCCCCCCCCCCC. The first-order valence-corrected chi connectivity index (χ1v) is 35.9. The molecule has 14 nitrogen and oxygen atoms in total. The van der Waals surface area contributed by atoms with Gasteiger partial charge in [0.05, 0.1) is 32.0 Å². The van der Waals surface area contributed by atoms with E-state index in [0.717, 1.165) is 44.9 Å². The summed E-state index contributed by atoms with van der Waals surface area (Å²) >= 11 is 0. The highest BCUT2D eigenvalue weighted by molar-refractivity contribution is 5.76. The third-order valence-corrected chi connectivity index (χ3v) is 17.5. The normalized spacial score (nSPS) is 23.7. The number of amides is 1. The quantitative estimate of drug-likeness (QED) is 0.0204. The van der Waals surface area contributed by atoms with Gasteiger partial charge in [0.2, 0.25) is 5.91 Å². The highest BCUT2D eigenvalue weighted by Crippen LogP contribution is 2.30. The van der Waals surface area contributed by atoms with Crippen LogP contribution in [0, 0.1) is 0 Å². The van der Waals surface area contributed by atoms with Crippen molar-refractivity contribution in [2.24, 2.45) is 0 Å². The molecule has 86 heavy (non-hydrogen) atoms. The van der Waals surface area contributed by atoms with E-state index in [4.69, 9.17) is 18.9 Å². The van der Waals surface area contributed by atoms with E-state index in [2.05, 4.69) is 55.6 Å². The van der Waals surface area contributed by atoms with Gasteiger partial charge in [-0.15, -0.1) is 0 Å². The third kappa shape index (κ3) is 40.6. The highest BCUT2D eigenvalue weighted by Gasteiger charge is 2.51. The minimum absolute atomic E-state index is 0.251. The lowest BCUT2D eigenvalue weighted by molar-refractivity contribution is -0.359. The molecular weight excluding hydrogens is 1090 g/mol. The van der Waals surface area contributed by atoms with Gasteiger partial charge in [-0.05, 0) is 70.6 Å². The van der Waals surface area contributed by atoms with Crippen molar-refractivity contribution in [3.8, 4) is 0 Å². The number of allylic oxidation sites excluding steroid dienone is 7. The van der Waals surface area contributed by atoms with E-state index in [9.17, 15) is 45.6 Å². The molecule has 0 bridgehead atoms. The van der Waals surface area contributed by atoms with Gasteiger partial charge in [0.1, 0.15) is 48.8 Å². The predicted molar refractivity (Wildman–Crippen MR) is 351 cm³/mol. The Labute approximate surface area is 524 Å². The highest BCUT2D eigenvalue weighted by atomic mass is 16.7. The summed E-state index contributed by atoms with van der Waals surface area (Å²) in [4.78, 5) is 13.3. The minimum Gasteiger partial charge on any atom is -0.394 e. The summed E-state index contributed by atoms with van der Waals surface area (Å²) in [7, 11) is 0. The molecule has 2 rings (SSSR count). The third-order valence-electron chi connectivity index (χ3n) is 17.5. The molecule has 0 aromatic carbocycles. The van der Waals surface area contributed by atoms with Crippen LogP contribution in [-0.2, 0) is 23.7 Å². The zero-order valence-electron chi connectivity index (χ0n) is 54.8. The summed E-state index contributed by atoms with van der Waals surface area (Å²) < 4.78 is 22.8. The Balaban J connectivity index is 1.70. The molecule has 2 aliphatic rings. The Kier molecular flexibility index (Phi) is 53.0. The summed E-state index contributed by atoms with van der Waals surface area (Å²) in [6, 6.07) is -0.940. The molecule has 2 heterocycles. The topological polar surface area (TPSA) is 228 Å². The molecular formula is C72H133NO13. The van der Waals surface area contributed by atoms with E-state index in [0.29, 0.717) is 12.8 Å². The Morgan fingerprint density at radius 2 is 0.744 bits per heavy atom. The maximum Gasteiger partial charge on any atom is 0.220 e. The second-order valence-electron chi connectivity index (χ2n) is 25.3. The van der Waals surface area contributed by atoms with Crippen LogP contribution in [0.1, 0.15) is 309 Å². The molecule has 0 aromatic rings. The minimum atomic E-state index is -1.79. The average molecular weight is 1220 g/mol. The maximum atomic E-state index is 13.3. The number of ether oxygens (including phenoxy) is 4. The second-order valence-corrected chi connectivity index (χ2v) is 25.3. The van der Waals surface area contributed by atoms with Crippen LogP contribution in [0.5, 0.6) is 0 Å². The molecule has 9 N–H and O–H groups in total. The van der Waals surface area contributed by atoms with Crippen LogP contribution in [0.2, 0.25) is 0 Å². The lowest BCUT2D eigenvalue weighted by atomic mass is 9.97. The van der Waals surface area contributed by atoms with Crippen LogP contribution >= 0.6 is 0 Å². The Morgan fingerprint density at radius 3 is 1.14 bits per heavy atom. The first kappa shape index (κ1) is 80.0. The van der Waals surface area contributed by atoms with Crippen LogP contribution in [0.15, 0.2) is 48.6 Å². The summed E-state index contributed by atoms with van der Waals surface area (Å²) in [5, 5.41) is 87.4. The summed E-state index contributed by atoms with van der Waals surface area (Å²) in [5.74, 6) is -0.251. The molecule has 0 aliphatic carbocycles. The van der Waals surface area contributed by atoms with Gasteiger partial charge in [-0.3, -0.25) is 4.79 Å². The van der Waals surface area contributed by atoms with Crippen LogP contribution in [0.25, 0.3) is 0 Å². The molecule has 0 spiro atoms. The molecule has 2 fully saturated rings. The monoisotopic (exact) mass is 1220 g/mol. The van der Waals surface area contributed by atoms with Crippen LogP contribution < -0.4 is 5.32 Å². The molecule has 0 radical (unpaired) electrons. The zero-order chi connectivity index (χ0) is 62.3. The van der Waals surface area contributed by atoms with E-state index >= 15 is 0 Å². The van der Waals surface area contributed by atoms with Crippen molar-refractivity contribution < 1.29 is 64.6 Å². The van der Waals surface area contributed by atoms with Crippen molar-refractivity contribution >= 4 is 5.91 Å². The van der Waals surface area contributed by atoms with Crippen LogP contribution in [0.3, 0.4) is 0 Å². The van der Waals surface area contributed by atoms with Gasteiger partial charge in [0.25, 0.3) is 0 Å². The van der Waals surface area contributed by atoms with Crippen molar-refractivity contribution in [2.75, 3.05) is 19.8 Å². The van der Waals surface area contributed by atoms with Gasteiger partial charge < -0.3 is 65.1 Å². The fourth-order valence-electron chi connectivity index (χ4n) is 11.7. The number of rotatable bonds is 59. The van der Waals surface area contributed by atoms with Gasteiger partial charge in [0, 0.05) is 6.42 Å². The number of carbonyl (C=O) groups is 1. The fourth-order valence-corrected chi connectivity index (χ4v) is 11.7. The van der Waals surface area contributed by atoms with Crippen molar-refractivity contribution in [3.63, 3.8) is 0 Å². The molecule has 1 amide bonds. The lowest BCUT2D eigenvalue weighted by Crippen LogP contribution is -2.65. The first-order valence-electron chi connectivity index (χ1n) is 35.9. The zero-order valence-corrected chi connectivity index (χ0v) is 54.8. The molecule has 12 atom stereocenters. The van der Waals surface area contributed by atoms with Crippen molar-refractivity contribution in [1.29, 1.82) is 0 Å². The van der Waals surface area contributed by atoms with Gasteiger partial charge in [-0.25, -0.2) is 0 Å². The van der Waals surface area contributed by atoms with Crippen LogP contribution in [-0.4, -0.2) is 140 Å². The van der Waals surface area contributed by atoms with E-state index in [1.807, 2.05) is 6.08 Å². The standard InChI is InChI=1S/C72H133NO13/c1-3-5-7-9-11-13-15-17-19-21-23-25-27-28-29-30-31-32-34-35-37-39-41-43-45-47-49-51-53-55-61(76)60(59-83-71-69(82)67(80)70(63(58-75)85-71)86-72-68(81)66(79)65(78)62(57-74)84-72)73-64(77)56-54-52-50-48-46-44-42-40-38-36-33-26-24-22-20-18-16-14-12-10-8-6-4-2/h22,24,37,39,45,47,53,55,60-63,65-72,74-76,78-82H,3-21,23,25-36,38,40-44,46,48-52,54,56-59H2,1-2H3,(H,73,77)/b24-22-,39-37+,47-45+,55-53+. The number of aliphatic hydroxyl groups excluding tert-OH is 8. The lowest BCUT2D eigenvalue weighted by Gasteiger charge is -2.46. The molecule has 504 valence electrons. The van der Waals surface area contributed by atoms with Crippen molar-refractivity contribution in [1.82, 2.24) is 5.32 Å². The predicted octanol–water partition coefficient (Wildman–Crippen LogP) is 14.7. The van der Waals surface area contributed by atoms with E-state index in [-0.39, 0.29) is 18.9 Å². The molecule has 12 unspecified atom stereocenters. The molecule has 0 aromatic heterocycles. The Bertz CT molecular complexity index is 1630. The number of nitrogens with one attached hydrogen (secondary N) is 1. The van der Waals surface area contributed by atoms with Gasteiger partial charge >= 0.3 is 0 Å². The van der Waals surface area contributed by atoms with E-state index < -0.39 is 86.8 Å².